The molecule has 0 aliphatic carbocycles. The normalized spacial score (nSPS) is 12.3. The van der Waals surface area contributed by atoms with Gasteiger partial charge in [0.15, 0.2) is 5.82 Å². The van der Waals surface area contributed by atoms with Gasteiger partial charge in [-0.2, -0.15) is 0 Å². The Labute approximate surface area is 225 Å². The molecule has 0 unspecified atom stereocenters. The van der Waals surface area contributed by atoms with E-state index in [1.54, 1.807) is 10.9 Å². The summed E-state index contributed by atoms with van der Waals surface area (Å²) < 4.78 is 7.54. The highest BCUT2D eigenvalue weighted by Gasteiger charge is 2.31. The third kappa shape index (κ3) is 5.28. The zero-order valence-electron chi connectivity index (χ0n) is 21.6. The molecule has 3 aromatic heterocycles. The number of benzene rings is 3. The molecule has 8 nitrogen and oxygen atoms in total. The van der Waals surface area contributed by atoms with Gasteiger partial charge in [0.1, 0.15) is 11.8 Å². The minimum Gasteiger partial charge on any atom is -0.468 e. The second-order valence-corrected chi connectivity index (χ2v) is 9.65. The molecule has 194 valence electrons. The summed E-state index contributed by atoms with van der Waals surface area (Å²) in [6.07, 6.45) is 1.66. The van der Waals surface area contributed by atoms with Gasteiger partial charge < -0.3 is 9.40 Å². The second kappa shape index (κ2) is 10.9. The highest BCUT2D eigenvalue weighted by atomic mass is 16.3. The standard InChI is InChI=1S/C31H28N6O2/c1-22-10-8-15-25-18-27(31(38)32-28(22)25)29(30-33-34-35-37(30)20-24-13-6-3-7-14-24)36(21-26-16-9-17-39-26)19-23-11-4-2-5-12-23/h2-18,29H,19-21H2,1H3,(H,32,38)/t29-/m1/s1. The summed E-state index contributed by atoms with van der Waals surface area (Å²) >= 11 is 0. The lowest BCUT2D eigenvalue weighted by Crippen LogP contribution is -2.35. The average molecular weight is 517 g/mol. The first-order chi connectivity index (χ1) is 19.2. The van der Waals surface area contributed by atoms with Crippen molar-refractivity contribution in [3.63, 3.8) is 0 Å². The van der Waals surface area contributed by atoms with E-state index < -0.39 is 6.04 Å². The fraction of sp³-hybridized carbons (Fsp3) is 0.161. The number of furan rings is 1. The van der Waals surface area contributed by atoms with E-state index in [0.29, 0.717) is 31.0 Å². The Balaban J connectivity index is 1.53. The number of tetrazole rings is 1. The Morgan fingerprint density at radius 3 is 2.41 bits per heavy atom. The highest BCUT2D eigenvalue weighted by molar-refractivity contribution is 5.82. The summed E-state index contributed by atoms with van der Waals surface area (Å²) in [5, 5.41) is 13.9. The predicted molar refractivity (Wildman–Crippen MR) is 149 cm³/mol. The second-order valence-electron chi connectivity index (χ2n) is 9.65. The molecule has 0 saturated carbocycles. The van der Waals surface area contributed by atoms with Crippen LogP contribution < -0.4 is 5.56 Å². The Morgan fingerprint density at radius 1 is 0.897 bits per heavy atom. The van der Waals surface area contributed by atoms with Gasteiger partial charge in [-0.1, -0.05) is 78.9 Å². The monoisotopic (exact) mass is 516 g/mol. The first-order valence-corrected chi connectivity index (χ1v) is 12.9. The number of aromatic nitrogens is 5. The Morgan fingerprint density at radius 2 is 1.67 bits per heavy atom. The van der Waals surface area contributed by atoms with Crippen LogP contribution in [0.3, 0.4) is 0 Å². The van der Waals surface area contributed by atoms with Crippen molar-refractivity contribution in [3.8, 4) is 0 Å². The largest absolute Gasteiger partial charge is 0.468 e. The van der Waals surface area contributed by atoms with Crippen molar-refractivity contribution in [1.82, 2.24) is 30.1 Å². The van der Waals surface area contributed by atoms with E-state index in [9.17, 15) is 4.79 Å². The molecule has 0 bridgehead atoms. The molecule has 1 N–H and O–H groups in total. The Hall–Kier alpha value is -4.82. The van der Waals surface area contributed by atoms with E-state index in [4.69, 9.17) is 4.42 Å². The first-order valence-electron chi connectivity index (χ1n) is 12.9. The van der Waals surface area contributed by atoms with E-state index >= 15 is 0 Å². The van der Waals surface area contributed by atoms with Crippen molar-refractivity contribution < 1.29 is 4.42 Å². The number of aryl methyl sites for hydroxylation is 1. The fourth-order valence-electron chi connectivity index (χ4n) is 5.04. The zero-order valence-corrected chi connectivity index (χ0v) is 21.6. The van der Waals surface area contributed by atoms with Crippen LogP contribution in [0, 0.1) is 6.92 Å². The van der Waals surface area contributed by atoms with Crippen LogP contribution in [-0.2, 0) is 19.6 Å². The summed E-state index contributed by atoms with van der Waals surface area (Å²) in [4.78, 5) is 19.1. The number of rotatable bonds is 9. The molecule has 3 heterocycles. The summed E-state index contributed by atoms with van der Waals surface area (Å²) in [7, 11) is 0. The lowest BCUT2D eigenvalue weighted by molar-refractivity contribution is 0.179. The third-order valence-electron chi connectivity index (χ3n) is 6.92. The van der Waals surface area contributed by atoms with Crippen molar-refractivity contribution in [3.05, 3.63) is 148 Å². The molecule has 8 heteroatoms. The van der Waals surface area contributed by atoms with Crippen LogP contribution in [0.5, 0.6) is 0 Å². The van der Waals surface area contributed by atoms with Gasteiger partial charge in [0.2, 0.25) is 0 Å². The molecule has 1 atom stereocenters. The minimum absolute atomic E-state index is 0.173. The van der Waals surface area contributed by atoms with Crippen molar-refractivity contribution in [2.24, 2.45) is 0 Å². The van der Waals surface area contributed by atoms with Crippen LogP contribution in [0.4, 0.5) is 0 Å². The van der Waals surface area contributed by atoms with Gasteiger partial charge in [-0.25, -0.2) is 4.68 Å². The molecule has 6 aromatic rings. The van der Waals surface area contributed by atoms with Crippen LogP contribution >= 0.6 is 0 Å². The zero-order chi connectivity index (χ0) is 26.6. The van der Waals surface area contributed by atoms with Crippen LogP contribution in [0.25, 0.3) is 10.9 Å². The highest BCUT2D eigenvalue weighted by Crippen LogP contribution is 2.30. The van der Waals surface area contributed by atoms with E-state index in [0.717, 1.165) is 33.4 Å². The number of aromatic amines is 1. The van der Waals surface area contributed by atoms with Crippen molar-refractivity contribution >= 4 is 10.9 Å². The molecule has 0 amide bonds. The number of fused-ring (bicyclic) bond motifs is 1. The van der Waals surface area contributed by atoms with Crippen LogP contribution in [-0.4, -0.2) is 30.1 Å². The summed E-state index contributed by atoms with van der Waals surface area (Å²) in [5.74, 6) is 1.37. The number of nitrogens with one attached hydrogen (secondary N) is 1. The minimum atomic E-state index is -0.553. The topological polar surface area (TPSA) is 92.8 Å². The third-order valence-corrected chi connectivity index (χ3v) is 6.92. The maximum Gasteiger partial charge on any atom is 0.253 e. The molecule has 0 aliphatic rings. The van der Waals surface area contributed by atoms with E-state index in [2.05, 4.69) is 37.5 Å². The van der Waals surface area contributed by atoms with E-state index in [-0.39, 0.29) is 5.56 Å². The molecular formula is C31H28N6O2. The number of hydrogen-bond donors (Lipinski definition) is 1. The maximum atomic E-state index is 13.8. The number of H-pyrrole nitrogens is 1. The molecule has 3 aromatic carbocycles. The van der Waals surface area contributed by atoms with Gasteiger partial charge in [-0.15, -0.1) is 5.10 Å². The summed E-state index contributed by atoms with van der Waals surface area (Å²) in [6.45, 7) is 3.48. The molecule has 0 aliphatic heterocycles. The smallest absolute Gasteiger partial charge is 0.253 e. The molecule has 0 radical (unpaired) electrons. The van der Waals surface area contributed by atoms with Crippen LogP contribution in [0.1, 0.15) is 39.9 Å². The number of nitrogens with zero attached hydrogens (tertiary/aromatic N) is 5. The Kier molecular flexibility index (Phi) is 6.84. The van der Waals surface area contributed by atoms with Crippen molar-refractivity contribution in [2.75, 3.05) is 0 Å². The molecule has 6 rings (SSSR count). The summed E-state index contributed by atoms with van der Waals surface area (Å²) in [6, 6.07) is 31.4. The molecule has 0 spiro atoms. The first kappa shape index (κ1) is 24.5. The quantitative estimate of drug-likeness (QED) is 0.282. The SMILES string of the molecule is Cc1cccc2cc([C@H](c3nnnn3Cc3ccccc3)N(Cc3ccccc3)Cc3ccco3)c(=O)[nH]c12. The lowest BCUT2D eigenvalue weighted by atomic mass is 10.0. The predicted octanol–water partition coefficient (Wildman–Crippen LogP) is 5.26. The number of pyridine rings is 1. The maximum absolute atomic E-state index is 13.8. The number of para-hydroxylation sites is 1. The fourth-order valence-corrected chi connectivity index (χ4v) is 5.04. The van der Waals surface area contributed by atoms with Crippen molar-refractivity contribution in [2.45, 2.75) is 32.6 Å². The van der Waals surface area contributed by atoms with Crippen LogP contribution in [0.2, 0.25) is 0 Å². The summed E-state index contributed by atoms with van der Waals surface area (Å²) in [5.41, 5.74) is 4.40. The van der Waals surface area contributed by atoms with Gasteiger partial charge in [0.25, 0.3) is 5.56 Å². The lowest BCUT2D eigenvalue weighted by Gasteiger charge is -2.30. The van der Waals surface area contributed by atoms with E-state index in [1.165, 1.54) is 0 Å². The van der Waals surface area contributed by atoms with Gasteiger partial charge in [-0.3, -0.25) is 9.69 Å². The number of hydrogen-bond acceptors (Lipinski definition) is 6. The van der Waals surface area contributed by atoms with Gasteiger partial charge in [0.05, 0.1) is 24.9 Å². The molecule has 0 saturated heterocycles. The van der Waals surface area contributed by atoms with Gasteiger partial charge >= 0.3 is 0 Å². The van der Waals surface area contributed by atoms with Gasteiger partial charge in [0, 0.05) is 12.1 Å². The molecular weight excluding hydrogens is 488 g/mol. The molecule has 39 heavy (non-hydrogen) atoms. The molecule has 0 fully saturated rings. The van der Waals surface area contributed by atoms with Gasteiger partial charge in [-0.05, 0) is 57.6 Å². The van der Waals surface area contributed by atoms with Crippen molar-refractivity contribution in [1.29, 1.82) is 0 Å². The average Bonchev–Trinajstić information content (AvgIpc) is 3.63. The Bertz CT molecular complexity index is 1730. The van der Waals surface area contributed by atoms with Crippen LogP contribution in [0.15, 0.2) is 113 Å². The van der Waals surface area contributed by atoms with E-state index in [1.807, 2.05) is 91.9 Å².